The van der Waals surface area contributed by atoms with Gasteiger partial charge in [-0.05, 0) is 94.0 Å². The molecule has 208 valence electrons. The molecule has 3 atom stereocenters. The van der Waals surface area contributed by atoms with Gasteiger partial charge in [-0.15, -0.1) is 22.7 Å². The maximum atomic E-state index is 2.52. The van der Waals surface area contributed by atoms with E-state index >= 15 is 0 Å². The van der Waals surface area contributed by atoms with Gasteiger partial charge in [-0.25, -0.2) is 0 Å². The Morgan fingerprint density at radius 3 is 2.42 bits per heavy atom. The molecule has 0 N–H and O–H groups in total. The van der Waals surface area contributed by atoms with Crippen LogP contribution in [0.4, 0.5) is 10.7 Å². The van der Waals surface area contributed by atoms with Gasteiger partial charge in [0, 0.05) is 27.8 Å². The van der Waals surface area contributed by atoms with Crippen LogP contribution in [0.2, 0.25) is 0 Å². The number of allylic oxidation sites excluding steroid dienone is 6. The second-order valence-corrected chi connectivity index (χ2v) is 13.9. The molecule has 0 amide bonds. The van der Waals surface area contributed by atoms with Crippen LogP contribution in [0.1, 0.15) is 36.0 Å². The van der Waals surface area contributed by atoms with Crippen LogP contribution in [0.5, 0.6) is 0 Å². The van der Waals surface area contributed by atoms with E-state index in [2.05, 4.69) is 155 Å². The van der Waals surface area contributed by atoms with Gasteiger partial charge in [-0.3, -0.25) is 0 Å². The monoisotopic (exact) mass is 590 g/mol. The molecule has 0 fully saturated rings. The fourth-order valence-electron chi connectivity index (χ4n) is 7.45. The van der Waals surface area contributed by atoms with Crippen molar-refractivity contribution in [3.8, 4) is 5.00 Å². The lowest BCUT2D eigenvalue weighted by Gasteiger charge is -2.31. The average molecular weight is 591 g/mol. The molecule has 1 aliphatic heterocycles. The van der Waals surface area contributed by atoms with Crippen LogP contribution < -0.4 is 4.90 Å². The van der Waals surface area contributed by atoms with Crippen molar-refractivity contribution < 1.29 is 0 Å². The highest BCUT2D eigenvalue weighted by atomic mass is 32.1. The molecule has 3 aromatic heterocycles. The van der Waals surface area contributed by atoms with Crippen LogP contribution in [0.25, 0.3) is 32.4 Å². The second kappa shape index (κ2) is 9.57. The average Bonchev–Trinajstić information content (AvgIpc) is 3.86. The Morgan fingerprint density at radius 1 is 0.744 bits per heavy atom. The van der Waals surface area contributed by atoms with Gasteiger partial charge in [0.25, 0.3) is 0 Å². The lowest BCUT2D eigenvalue weighted by Crippen LogP contribution is -2.27. The summed E-state index contributed by atoms with van der Waals surface area (Å²) in [7, 11) is 0. The predicted molar refractivity (Wildman–Crippen MR) is 185 cm³/mol. The van der Waals surface area contributed by atoms with E-state index in [9.17, 15) is 0 Å². The predicted octanol–water partition coefficient (Wildman–Crippen LogP) is 10.9. The zero-order valence-corrected chi connectivity index (χ0v) is 25.5. The van der Waals surface area contributed by atoms with Crippen LogP contribution >= 0.6 is 22.7 Å². The molecule has 3 aromatic carbocycles. The van der Waals surface area contributed by atoms with E-state index in [0.29, 0.717) is 12.0 Å². The van der Waals surface area contributed by atoms with Crippen molar-refractivity contribution >= 4 is 60.7 Å². The minimum absolute atomic E-state index is 0.0948. The first-order valence-corrected chi connectivity index (χ1v) is 16.7. The lowest BCUT2D eigenvalue weighted by atomic mass is 9.73. The van der Waals surface area contributed by atoms with Gasteiger partial charge in [0.2, 0.25) is 0 Å². The van der Waals surface area contributed by atoms with E-state index in [1.807, 2.05) is 11.3 Å². The summed E-state index contributed by atoms with van der Waals surface area (Å²) in [6.07, 6.45) is 17.1. The van der Waals surface area contributed by atoms with Crippen molar-refractivity contribution in [1.29, 1.82) is 0 Å². The number of anilines is 2. The number of nitrogens with zero attached hydrogens (tertiary/aromatic N) is 2. The number of thiophene rings is 2. The van der Waals surface area contributed by atoms with Crippen LogP contribution in [0.15, 0.2) is 138 Å². The maximum absolute atomic E-state index is 2.52. The molecule has 9 rings (SSSR count). The standard InChI is InChI=1S/C39H30N2S2/c1-39(28-17-19-36-32(24-28)30-11-3-5-13-34(30)41(36)38-15-8-22-43-38)20-6-9-27(25-39)26-16-18-35-31(23-26)29-10-2-4-12-33(29)40(35)37-14-7-21-42-37/h2-24,29,33H,25H2,1H3. The van der Waals surface area contributed by atoms with E-state index in [4.69, 9.17) is 0 Å². The van der Waals surface area contributed by atoms with Gasteiger partial charge in [0.1, 0.15) is 0 Å². The van der Waals surface area contributed by atoms with Gasteiger partial charge in [0.05, 0.1) is 27.1 Å². The fraction of sp³-hybridized carbons (Fsp3) is 0.128. The smallest absolute Gasteiger partial charge is 0.0999 e. The van der Waals surface area contributed by atoms with E-state index < -0.39 is 0 Å². The third-order valence-electron chi connectivity index (χ3n) is 9.54. The molecule has 0 radical (unpaired) electrons. The zero-order valence-electron chi connectivity index (χ0n) is 23.9. The summed E-state index contributed by atoms with van der Waals surface area (Å²) in [5, 5.41) is 9.53. The van der Waals surface area contributed by atoms with Gasteiger partial charge in [-0.2, -0.15) is 0 Å². The van der Waals surface area contributed by atoms with Gasteiger partial charge in [-0.1, -0.05) is 79.8 Å². The number of benzene rings is 3. The van der Waals surface area contributed by atoms with Crippen molar-refractivity contribution in [2.24, 2.45) is 0 Å². The summed E-state index contributed by atoms with van der Waals surface area (Å²) in [5.41, 5.74) is 9.29. The normalized spacial score (nSPS) is 22.3. The van der Waals surface area contributed by atoms with Crippen molar-refractivity contribution in [1.82, 2.24) is 4.57 Å². The van der Waals surface area contributed by atoms with Gasteiger partial charge in [0.15, 0.2) is 0 Å². The molecule has 2 nitrogen and oxygen atoms in total. The molecule has 2 aliphatic carbocycles. The van der Waals surface area contributed by atoms with E-state index in [1.165, 1.54) is 59.8 Å². The first kappa shape index (κ1) is 25.1. The molecule has 3 aliphatic rings. The highest BCUT2D eigenvalue weighted by molar-refractivity contribution is 7.14. The molecular formula is C39H30N2S2. The SMILES string of the molecule is CC1(c2ccc3c(c2)c2ccccc2n3-c2cccs2)C=CC=C(c2ccc3c(c2)C2C=CC=CC2N3c2cccs2)C1. The minimum atomic E-state index is -0.0948. The molecule has 0 saturated heterocycles. The van der Waals surface area contributed by atoms with E-state index in [0.717, 1.165) is 6.42 Å². The van der Waals surface area contributed by atoms with Crippen molar-refractivity contribution in [3.05, 3.63) is 155 Å². The Kier molecular flexibility index (Phi) is 5.59. The number of hydrogen-bond donors (Lipinski definition) is 0. The number of hydrogen-bond acceptors (Lipinski definition) is 3. The maximum Gasteiger partial charge on any atom is 0.0999 e. The summed E-state index contributed by atoms with van der Waals surface area (Å²) in [6, 6.07) is 32.2. The minimum Gasteiger partial charge on any atom is -0.325 e. The molecule has 43 heavy (non-hydrogen) atoms. The number of fused-ring (bicyclic) bond motifs is 6. The highest BCUT2D eigenvalue weighted by Gasteiger charge is 2.38. The van der Waals surface area contributed by atoms with Crippen molar-refractivity contribution in [3.63, 3.8) is 0 Å². The third-order valence-corrected chi connectivity index (χ3v) is 11.3. The molecular weight excluding hydrogens is 561 g/mol. The molecule has 4 heterocycles. The second-order valence-electron chi connectivity index (χ2n) is 12.1. The van der Waals surface area contributed by atoms with E-state index in [-0.39, 0.29) is 5.41 Å². The van der Waals surface area contributed by atoms with Gasteiger partial charge < -0.3 is 9.47 Å². The molecule has 0 spiro atoms. The summed E-state index contributed by atoms with van der Waals surface area (Å²) >= 11 is 3.61. The van der Waals surface area contributed by atoms with Crippen LogP contribution in [0.3, 0.4) is 0 Å². The highest BCUT2D eigenvalue weighted by Crippen LogP contribution is 2.50. The Bertz CT molecular complexity index is 2140. The number of para-hydroxylation sites is 1. The largest absolute Gasteiger partial charge is 0.325 e. The number of rotatable bonds is 4. The Labute approximate surface area is 259 Å². The Balaban J connectivity index is 1.10. The summed E-state index contributed by atoms with van der Waals surface area (Å²) in [4.78, 5) is 2.52. The Hall–Kier alpha value is -4.38. The molecule has 6 aromatic rings. The summed E-state index contributed by atoms with van der Waals surface area (Å²) in [6.45, 7) is 2.40. The van der Waals surface area contributed by atoms with Crippen molar-refractivity contribution in [2.75, 3.05) is 4.90 Å². The zero-order chi connectivity index (χ0) is 28.5. The number of aromatic nitrogens is 1. The van der Waals surface area contributed by atoms with Gasteiger partial charge >= 0.3 is 0 Å². The first-order valence-electron chi connectivity index (χ1n) is 15.0. The Morgan fingerprint density at radius 2 is 1.56 bits per heavy atom. The first-order chi connectivity index (χ1) is 21.2. The summed E-state index contributed by atoms with van der Waals surface area (Å²) in [5.74, 6) is 0.372. The van der Waals surface area contributed by atoms with Crippen LogP contribution in [0, 0.1) is 0 Å². The molecule has 4 heteroatoms. The molecule has 3 unspecified atom stereocenters. The topological polar surface area (TPSA) is 8.17 Å². The fourth-order valence-corrected chi connectivity index (χ4v) is 9.00. The van der Waals surface area contributed by atoms with Crippen LogP contribution in [-0.4, -0.2) is 10.6 Å². The third kappa shape index (κ3) is 3.83. The quantitative estimate of drug-likeness (QED) is 0.198. The lowest BCUT2D eigenvalue weighted by molar-refractivity contribution is 0.610. The van der Waals surface area contributed by atoms with E-state index in [1.54, 1.807) is 11.3 Å². The van der Waals surface area contributed by atoms with Crippen molar-refractivity contribution in [2.45, 2.75) is 30.7 Å². The van der Waals surface area contributed by atoms with Crippen LogP contribution in [-0.2, 0) is 5.41 Å². The molecule has 0 saturated carbocycles. The molecule has 0 bridgehead atoms. The summed E-state index contributed by atoms with van der Waals surface area (Å²) < 4.78 is 2.41.